The Bertz CT molecular complexity index is 204. The molecular formula is C12H27Cl3N4Ti. The minimum atomic E-state index is 0. The Balaban J connectivity index is -0.000000320. The third kappa shape index (κ3) is 13.1. The van der Waals surface area contributed by atoms with E-state index >= 15 is 0 Å². The molecule has 1 saturated heterocycles. The molecule has 0 unspecified atom stereocenters. The molecule has 1 aliphatic heterocycles. The summed E-state index contributed by atoms with van der Waals surface area (Å²) in [6.45, 7) is 10.00. The van der Waals surface area contributed by atoms with Gasteiger partial charge in [-0.25, -0.2) is 6.04 Å². The molecule has 0 saturated carbocycles. The maximum Gasteiger partial charge on any atom is 4.00 e. The van der Waals surface area contributed by atoms with E-state index in [1.165, 1.54) is 6.04 Å². The number of hydrogen-bond donors (Lipinski definition) is 1. The van der Waals surface area contributed by atoms with Gasteiger partial charge >= 0.3 is 21.7 Å². The van der Waals surface area contributed by atoms with E-state index in [4.69, 9.17) is 0 Å². The van der Waals surface area contributed by atoms with Crippen LogP contribution in [0.15, 0.2) is 0 Å². The zero-order valence-corrected chi connectivity index (χ0v) is 16.8. The summed E-state index contributed by atoms with van der Waals surface area (Å²) in [7, 11) is 6.58. The van der Waals surface area contributed by atoms with Crippen molar-refractivity contribution in [2.45, 2.75) is 6.92 Å². The molecule has 0 bridgehead atoms. The molecule has 20 heavy (non-hydrogen) atoms. The standard InChI is InChI=1S/C12H27N4.3ClH.Ti/c1-12-11-15(3)8-6-13-5-7-14(2)9-10-16(12)4;;;;/h13H,5-11H2,1-4H3;3*1H;/q-1;;;;+4/p-3. The van der Waals surface area contributed by atoms with Gasteiger partial charge in [-0.15, -0.1) is 6.54 Å². The van der Waals surface area contributed by atoms with Crippen molar-refractivity contribution >= 4 is 0 Å². The van der Waals surface area contributed by atoms with Gasteiger partial charge in [-0.1, -0.05) is 0 Å². The molecule has 0 aromatic heterocycles. The van der Waals surface area contributed by atoms with E-state index in [0.717, 1.165) is 45.8 Å². The number of nitrogens with zero attached hydrogens (tertiary/aromatic N) is 3. The fourth-order valence-electron chi connectivity index (χ4n) is 1.88. The molecule has 1 N–H and O–H groups in total. The molecule has 1 aliphatic rings. The molecule has 0 amide bonds. The normalized spacial score (nSPS) is 21.0. The summed E-state index contributed by atoms with van der Waals surface area (Å²) >= 11 is 0. The number of nitrogens with one attached hydrogen (secondary N) is 1. The number of hydrogen-bond acceptors (Lipinski definition) is 4. The first-order valence-electron chi connectivity index (χ1n) is 6.21. The molecule has 1 fully saturated rings. The minimum Gasteiger partial charge on any atom is -1.00 e. The van der Waals surface area contributed by atoms with Gasteiger partial charge in [0.25, 0.3) is 0 Å². The summed E-state index contributed by atoms with van der Waals surface area (Å²) in [5, 5.41) is 3.48. The summed E-state index contributed by atoms with van der Waals surface area (Å²) in [5.74, 6) is 0. The van der Waals surface area contributed by atoms with Crippen molar-refractivity contribution in [1.29, 1.82) is 0 Å². The Labute approximate surface area is 158 Å². The SMILES string of the molecule is C[C-]1CN(C)CCNCCN(C)CCN1C.[Cl-].[Cl-].[Cl-].[Ti+4]. The van der Waals surface area contributed by atoms with Crippen LogP contribution in [-0.2, 0) is 21.7 Å². The van der Waals surface area contributed by atoms with E-state index in [1.54, 1.807) is 0 Å². The van der Waals surface area contributed by atoms with Crippen molar-refractivity contribution in [3.8, 4) is 0 Å². The minimum absolute atomic E-state index is 0. The number of rotatable bonds is 0. The van der Waals surface area contributed by atoms with Crippen LogP contribution in [0.3, 0.4) is 0 Å². The van der Waals surface area contributed by atoms with Crippen LogP contribution in [0.25, 0.3) is 0 Å². The van der Waals surface area contributed by atoms with Crippen molar-refractivity contribution in [2.75, 3.05) is 67.0 Å². The van der Waals surface area contributed by atoms with Crippen molar-refractivity contribution in [2.24, 2.45) is 0 Å². The fourth-order valence-corrected chi connectivity index (χ4v) is 1.88. The smallest absolute Gasteiger partial charge is 1.00 e. The molecule has 120 valence electrons. The second-order valence-corrected chi connectivity index (χ2v) is 4.95. The molecule has 0 spiro atoms. The largest absolute Gasteiger partial charge is 4.00 e. The average Bonchev–Trinajstić information content (AvgIpc) is 2.23. The van der Waals surface area contributed by atoms with E-state index in [0.29, 0.717) is 0 Å². The van der Waals surface area contributed by atoms with Gasteiger partial charge in [-0.05, 0) is 27.7 Å². The first-order chi connectivity index (χ1) is 7.59. The Morgan fingerprint density at radius 3 is 1.85 bits per heavy atom. The van der Waals surface area contributed by atoms with Crippen molar-refractivity contribution in [3.63, 3.8) is 0 Å². The van der Waals surface area contributed by atoms with Gasteiger partial charge in [0, 0.05) is 32.7 Å². The molecule has 0 atom stereocenters. The summed E-state index contributed by atoms with van der Waals surface area (Å²) < 4.78 is 0. The average molecular weight is 382 g/mol. The van der Waals surface area contributed by atoms with Gasteiger partial charge in [-0.3, -0.25) is 0 Å². The Hall–Kier alpha value is 1.42. The molecule has 0 aromatic carbocycles. The van der Waals surface area contributed by atoms with Crippen LogP contribution < -0.4 is 42.5 Å². The van der Waals surface area contributed by atoms with Crippen LogP contribution in [0.1, 0.15) is 6.92 Å². The van der Waals surface area contributed by atoms with Crippen molar-refractivity contribution < 1.29 is 58.9 Å². The summed E-state index contributed by atoms with van der Waals surface area (Å²) in [5.41, 5.74) is 0. The maximum atomic E-state index is 3.48. The molecule has 0 aromatic rings. The molecule has 1 heterocycles. The van der Waals surface area contributed by atoms with Gasteiger partial charge in [0.1, 0.15) is 0 Å². The van der Waals surface area contributed by atoms with Crippen LogP contribution in [0.2, 0.25) is 0 Å². The fraction of sp³-hybridized carbons (Fsp3) is 0.917. The third-order valence-corrected chi connectivity index (χ3v) is 3.31. The Morgan fingerprint density at radius 2 is 1.30 bits per heavy atom. The van der Waals surface area contributed by atoms with Crippen LogP contribution in [0.5, 0.6) is 0 Å². The van der Waals surface area contributed by atoms with E-state index in [9.17, 15) is 0 Å². The van der Waals surface area contributed by atoms with Crippen LogP contribution in [0, 0.1) is 6.04 Å². The second-order valence-electron chi connectivity index (χ2n) is 4.95. The van der Waals surface area contributed by atoms with E-state index in [1.807, 2.05) is 0 Å². The van der Waals surface area contributed by atoms with Gasteiger partial charge in [-0.2, -0.15) is 6.92 Å². The summed E-state index contributed by atoms with van der Waals surface area (Å²) in [4.78, 5) is 7.15. The van der Waals surface area contributed by atoms with E-state index in [2.05, 4.69) is 48.1 Å². The zero-order chi connectivity index (χ0) is 12.0. The summed E-state index contributed by atoms with van der Waals surface area (Å²) in [6.07, 6.45) is 0. The Morgan fingerprint density at radius 1 is 0.800 bits per heavy atom. The first-order valence-corrected chi connectivity index (χ1v) is 6.21. The van der Waals surface area contributed by atoms with Gasteiger partial charge in [0.2, 0.25) is 0 Å². The van der Waals surface area contributed by atoms with E-state index in [-0.39, 0.29) is 58.9 Å². The third-order valence-electron chi connectivity index (χ3n) is 3.31. The number of likely N-dealkylation sites (N-methyl/N-ethyl adjacent to an activating group) is 3. The Kier molecular flexibility index (Phi) is 24.7. The zero-order valence-electron chi connectivity index (χ0n) is 12.9. The molecule has 0 aliphatic carbocycles. The topological polar surface area (TPSA) is 21.8 Å². The number of halogens is 3. The maximum absolute atomic E-state index is 3.48. The molecular weight excluding hydrogens is 354 g/mol. The van der Waals surface area contributed by atoms with Gasteiger partial charge in [0.15, 0.2) is 0 Å². The predicted molar refractivity (Wildman–Crippen MR) is 69.4 cm³/mol. The van der Waals surface area contributed by atoms with E-state index < -0.39 is 0 Å². The van der Waals surface area contributed by atoms with Gasteiger partial charge in [0.05, 0.1) is 0 Å². The monoisotopic (exact) mass is 380 g/mol. The quantitative estimate of drug-likeness (QED) is 0.332. The van der Waals surface area contributed by atoms with Crippen LogP contribution in [0.4, 0.5) is 0 Å². The second kappa shape index (κ2) is 16.8. The molecule has 8 heteroatoms. The van der Waals surface area contributed by atoms with Gasteiger partial charge < -0.3 is 57.2 Å². The first kappa shape index (κ1) is 29.4. The van der Waals surface area contributed by atoms with Crippen molar-refractivity contribution in [3.05, 3.63) is 6.04 Å². The molecule has 4 nitrogen and oxygen atoms in total. The van der Waals surface area contributed by atoms with Crippen LogP contribution in [-0.4, -0.2) is 81.7 Å². The molecule has 0 radical (unpaired) electrons. The predicted octanol–water partition coefficient (Wildman–Crippen LogP) is -9.05. The molecule has 1 rings (SSSR count). The summed E-state index contributed by atoms with van der Waals surface area (Å²) in [6, 6.07) is 1.46. The van der Waals surface area contributed by atoms with Crippen molar-refractivity contribution in [1.82, 2.24) is 20.0 Å². The van der Waals surface area contributed by atoms with Crippen LogP contribution >= 0.6 is 0 Å².